The number of carboxylic acid groups (broad SMARTS) is 1. The highest BCUT2D eigenvalue weighted by molar-refractivity contribution is 5.79. The second-order valence-corrected chi connectivity index (χ2v) is 6.53. The number of ether oxygens (including phenoxy) is 1. The van der Waals surface area contributed by atoms with E-state index in [1.807, 2.05) is 0 Å². The second kappa shape index (κ2) is 7.29. The number of carbonyl (C=O) groups is 3. The van der Waals surface area contributed by atoms with Crippen LogP contribution in [0.25, 0.3) is 0 Å². The van der Waals surface area contributed by atoms with Crippen LogP contribution in [0, 0.1) is 0 Å². The number of piperidine rings is 1. The minimum atomic E-state index is -3.55. The fraction of sp³-hybridized carbons (Fsp3) is 0.786. The van der Waals surface area contributed by atoms with Crippen LogP contribution in [0.5, 0.6) is 0 Å². The van der Waals surface area contributed by atoms with Crippen LogP contribution in [0.1, 0.15) is 46.5 Å². The average Bonchev–Trinajstić information content (AvgIpc) is 2.39. The van der Waals surface area contributed by atoms with E-state index in [2.05, 4.69) is 5.32 Å². The summed E-state index contributed by atoms with van der Waals surface area (Å²) in [5, 5.41) is 20.7. The lowest BCUT2D eigenvalue weighted by molar-refractivity contribution is -0.214. The molecule has 3 N–H and O–H groups in total. The van der Waals surface area contributed by atoms with Gasteiger partial charge in [0.25, 0.3) is 5.92 Å². The van der Waals surface area contributed by atoms with Gasteiger partial charge in [-0.3, -0.25) is 14.5 Å². The predicted octanol–water partition coefficient (Wildman–Crippen LogP) is 1.28. The number of alkyl halides is 2. The number of likely N-dealkylation sites (tertiary alicyclic amines) is 1. The fourth-order valence-corrected chi connectivity index (χ4v) is 2.20. The molecule has 0 aromatic heterocycles. The maximum absolute atomic E-state index is 13.7. The molecule has 0 aromatic rings. The standard InChI is InChI=1S/C14H22F2N2O6/c1-13(2,3)24-12(23)17-8(4-5-10(20)21)18-9(19)6-7-14(15,16)11(18)22/h8,11,22H,4-7H2,1-3H3,(H,17,23)(H,20,21). The summed E-state index contributed by atoms with van der Waals surface area (Å²) in [4.78, 5) is 34.9. The van der Waals surface area contributed by atoms with Crippen LogP contribution in [0.15, 0.2) is 0 Å². The lowest BCUT2D eigenvalue weighted by Gasteiger charge is -2.42. The Bertz CT molecular complexity index is 506. The number of nitrogens with zero attached hydrogens (tertiary/aromatic N) is 1. The quantitative estimate of drug-likeness (QED) is 0.686. The van der Waals surface area contributed by atoms with Crippen molar-refractivity contribution in [2.75, 3.05) is 0 Å². The molecule has 1 saturated heterocycles. The van der Waals surface area contributed by atoms with Crippen molar-refractivity contribution in [3.8, 4) is 0 Å². The zero-order valence-corrected chi connectivity index (χ0v) is 13.7. The molecule has 0 saturated carbocycles. The predicted molar refractivity (Wildman–Crippen MR) is 77.1 cm³/mol. The number of alkyl carbamates (subject to hydrolysis) is 1. The van der Waals surface area contributed by atoms with Gasteiger partial charge in [0.1, 0.15) is 11.8 Å². The van der Waals surface area contributed by atoms with Crippen molar-refractivity contribution in [2.45, 2.75) is 70.4 Å². The molecule has 0 bridgehead atoms. The first-order chi connectivity index (χ1) is 10.8. The number of halogens is 2. The number of hydrogen-bond donors (Lipinski definition) is 3. The van der Waals surface area contributed by atoms with Gasteiger partial charge in [0.2, 0.25) is 5.91 Å². The number of nitrogens with one attached hydrogen (secondary N) is 1. The molecule has 2 amide bonds. The number of rotatable bonds is 5. The molecule has 2 unspecified atom stereocenters. The Kier molecular flexibility index (Phi) is 6.09. The summed E-state index contributed by atoms with van der Waals surface area (Å²) in [7, 11) is 0. The van der Waals surface area contributed by atoms with E-state index in [4.69, 9.17) is 9.84 Å². The second-order valence-electron chi connectivity index (χ2n) is 6.53. The SMILES string of the molecule is CC(C)(C)OC(=O)NC(CCC(=O)O)N1C(=O)CCC(F)(F)C1O. The third-order valence-corrected chi connectivity index (χ3v) is 3.25. The number of aliphatic hydroxyl groups is 1. The van der Waals surface area contributed by atoms with Gasteiger partial charge in [-0.05, 0) is 27.2 Å². The van der Waals surface area contributed by atoms with Gasteiger partial charge in [0.05, 0.1) is 0 Å². The number of amides is 2. The molecule has 1 heterocycles. The highest BCUT2D eigenvalue weighted by Crippen LogP contribution is 2.33. The van der Waals surface area contributed by atoms with Gasteiger partial charge >= 0.3 is 12.1 Å². The highest BCUT2D eigenvalue weighted by atomic mass is 19.3. The van der Waals surface area contributed by atoms with E-state index in [9.17, 15) is 28.3 Å². The molecule has 2 atom stereocenters. The molecule has 1 aliphatic rings. The van der Waals surface area contributed by atoms with Crippen molar-refractivity contribution in [1.29, 1.82) is 0 Å². The third-order valence-electron chi connectivity index (χ3n) is 3.25. The molecule has 1 rings (SSSR count). The Morgan fingerprint density at radius 3 is 2.54 bits per heavy atom. The molecule has 0 aliphatic carbocycles. The Hall–Kier alpha value is -1.97. The van der Waals surface area contributed by atoms with Gasteiger partial charge in [-0.15, -0.1) is 0 Å². The largest absolute Gasteiger partial charge is 0.481 e. The highest BCUT2D eigenvalue weighted by Gasteiger charge is 2.50. The van der Waals surface area contributed by atoms with E-state index in [-0.39, 0.29) is 6.42 Å². The molecule has 1 fully saturated rings. The van der Waals surface area contributed by atoms with Gasteiger partial charge in [0.15, 0.2) is 6.23 Å². The van der Waals surface area contributed by atoms with Gasteiger partial charge < -0.3 is 20.3 Å². The van der Waals surface area contributed by atoms with Crippen molar-refractivity contribution in [1.82, 2.24) is 10.2 Å². The summed E-state index contributed by atoms with van der Waals surface area (Å²) in [5.74, 6) is -5.60. The first-order valence-corrected chi connectivity index (χ1v) is 7.42. The molecule has 0 aromatic carbocycles. The Balaban J connectivity index is 2.96. The monoisotopic (exact) mass is 352 g/mol. The normalized spacial score (nSPS) is 22.0. The average molecular weight is 352 g/mol. The van der Waals surface area contributed by atoms with E-state index in [1.54, 1.807) is 20.8 Å². The number of hydrogen-bond acceptors (Lipinski definition) is 5. The smallest absolute Gasteiger partial charge is 0.409 e. The van der Waals surface area contributed by atoms with Crippen LogP contribution in [0.2, 0.25) is 0 Å². The summed E-state index contributed by atoms with van der Waals surface area (Å²) in [6, 6.07) is 0. The van der Waals surface area contributed by atoms with Crippen LogP contribution in [-0.2, 0) is 14.3 Å². The number of carbonyl (C=O) groups excluding carboxylic acids is 2. The Labute approximate surface area is 137 Å². The van der Waals surface area contributed by atoms with E-state index in [0.717, 1.165) is 0 Å². The molecule has 0 radical (unpaired) electrons. The zero-order valence-electron chi connectivity index (χ0n) is 13.7. The topological polar surface area (TPSA) is 116 Å². The zero-order chi connectivity index (χ0) is 18.7. The fourth-order valence-electron chi connectivity index (χ4n) is 2.20. The van der Waals surface area contributed by atoms with E-state index >= 15 is 0 Å². The van der Waals surface area contributed by atoms with Gasteiger partial charge in [-0.2, -0.15) is 0 Å². The Morgan fingerprint density at radius 2 is 2.04 bits per heavy atom. The van der Waals surface area contributed by atoms with Crippen molar-refractivity contribution in [3.63, 3.8) is 0 Å². The first kappa shape index (κ1) is 20.1. The third kappa shape index (κ3) is 5.59. The summed E-state index contributed by atoms with van der Waals surface area (Å²) in [6.07, 6.45) is -7.08. The van der Waals surface area contributed by atoms with Crippen LogP contribution >= 0.6 is 0 Å². The minimum Gasteiger partial charge on any atom is -0.481 e. The van der Waals surface area contributed by atoms with Crippen LogP contribution < -0.4 is 5.32 Å². The summed E-state index contributed by atoms with van der Waals surface area (Å²) < 4.78 is 32.4. The van der Waals surface area contributed by atoms with Crippen LogP contribution in [0.4, 0.5) is 13.6 Å². The van der Waals surface area contributed by atoms with E-state index < -0.39 is 61.1 Å². The van der Waals surface area contributed by atoms with Crippen molar-refractivity contribution < 1.29 is 38.1 Å². The molecule has 1 aliphatic heterocycles. The molecule has 24 heavy (non-hydrogen) atoms. The van der Waals surface area contributed by atoms with Crippen LogP contribution in [0.3, 0.4) is 0 Å². The maximum atomic E-state index is 13.7. The lowest BCUT2D eigenvalue weighted by Crippen LogP contribution is -2.63. The molecule has 10 heteroatoms. The Morgan fingerprint density at radius 1 is 1.46 bits per heavy atom. The molecule has 0 spiro atoms. The maximum Gasteiger partial charge on any atom is 0.409 e. The number of carboxylic acids is 1. The van der Waals surface area contributed by atoms with Gasteiger partial charge in [-0.25, -0.2) is 13.6 Å². The molecule has 8 nitrogen and oxygen atoms in total. The van der Waals surface area contributed by atoms with Crippen molar-refractivity contribution >= 4 is 18.0 Å². The van der Waals surface area contributed by atoms with E-state index in [0.29, 0.717) is 4.90 Å². The van der Waals surface area contributed by atoms with E-state index in [1.165, 1.54) is 0 Å². The molecular formula is C14H22F2N2O6. The molecule has 138 valence electrons. The van der Waals surface area contributed by atoms with Gasteiger partial charge in [0, 0.05) is 19.3 Å². The minimum absolute atomic E-state index is 0.354. The van der Waals surface area contributed by atoms with Crippen LogP contribution in [-0.4, -0.2) is 57.0 Å². The summed E-state index contributed by atoms with van der Waals surface area (Å²) in [5.41, 5.74) is -0.879. The molecular weight excluding hydrogens is 330 g/mol. The number of aliphatic hydroxyl groups excluding tert-OH is 1. The lowest BCUT2D eigenvalue weighted by atomic mass is 10.0. The van der Waals surface area contributed by atoms with Crippen molar-refractivity contribution in [3.05, 3.63) is 0 Å². The summed E-state index contributed by atoms with van der Waals surface area (Å²) in [6.45, 7) is 4.73. The van der Waals surface area contributed by atoms with Crippen molar-refractivity contribution in [2.24, 2.45) is 0 Å². The summed E-state index contributed by atoms with van der Waals surface area (Å²) >= 11 is 0. The van der Waals surface area contributed by atoms with Gasteiger partial charge in [-0.1, -0.05) is 0 Å². The first-order valence-electron chi connectivity index (χ1n) is 7.42. The number of aliphatic carboxylic acids is 1.